The van der Waals surface area contributed by atoms with Crippen LogP contribution in [0.4, 0.5) is 11.5 Å². The molecule has 1 saturated heterocycles. The van der Waals surface area contributed by atoms with Crippen LogP contribution in [0.15, 0.2) is 36.8 Å². The first-order valence-corrected chi connectivity index (χ1v) is 10.9. The summed E-state index contributed by atoms with van der Waals surface area (Å²) in [6, 6.07) is 8.47. The van der Waals surface area contributed by atoms with E-state index in [0.29, 0.717) is 0 Å². The molecule has 1 aromatic carbocycles. The molecule has 0 unspecified atom stereocenters. The lowest BCUT2D eigenvalue weighted by Crippen LogP contribution is -2.49. The van der Waals surface area contributed by atoms with E-state index in [9.17, 15) is 4.79 Å². The number of para-hydroxylation sites is 1. The molecular formula is C23H30N6O. The highest BCUT2D eigenvalue weighted by Gasteiger charge is 2.24. The van der Waals surface area contributed by atoms with Crippen molar-refractivity contribution in [2.75, 3.05) is 29.9 Å². The minimum atomic E-state index is 0.0317. The predicted octanol–water partition coefficient (Wildman–Crippen LogP) is 3.28. The predicted molar refractivity (Wildman–Crippen MR) is 121 cm³/mol. The van der Waals surface area contributed by atoms with Gasteiger partial charge in [0.05, 0.1) is 11.9 Å². The van der Waals surface area contributed by atoms with Crippen LogP contribution in [0.5, 0.6) is 0 Å². The number of aryl methyl sites for hydroxylation is 2. The average Bonchev–Trinajstić information content (AvgIpc) is 3.26. The third-order valence-electron chi connectivity index (χ3n) is 5.84. The van der Waals surface area contributed by atoms with Crippen LogP contribution in [0.2, 0.25) is 0 Å². The van der Waals surface area contributed by atoms with E-state index >= 15 is 0 Å². The Labute approximate surface area is 177 Å². The van der Waals surface area contributed by atoms with Gasteiger partial charge in [0.25, 0.3) is 0 Å². The lowest BCUT2D eigenvalue weighted by Gasteiger charge is -2.34. The van der Waals surface area contributed by atoms with Gasteiger partial charge in [-0.25, -0.2) is 9.97 Å². The Hall–Kier alpha value is -3.09. The molecule has 1 fully saturated rings. The van der Waals surface area contributed by atoms with Crippen molar-refractivity contribution in [3.63, 3.8) is 0 Å². The van der Waals surface area contributed by atoms with Crippen molar-refractivity contribution in [1.82, 2.24) is 20.3 Å². The van der Waals surface area contributed by atoms with Crippen molar-refractivity contribution in [3.8, 4) is 0 Å². The third kappa shape index (κ3) is 4.25. The highest BCUT2D eigenvalue weighted by Crippen LogP contribution is 2.25. The zero-order valence-corrected chi connectivity index (χ0v) is 17.7. The van der Waals surface area contributed by atoms with Gasteiger partial charge >= 0.3 is 0 Å². The Morgan fingerprint density at radius 1 is 1.20 bits per heavy atom. The van der Waals surface area contributed by atoms with Crippen molar-refractivity contribution in [2.24, 2.45) is 0 Å². The van der Waals surface area contributed by atoms with Crippen molar-refractivity contribution in [3.05, 3.63) is 47.9 Å². The van der Waals surface area contributed by atoms with Crippen LogP contribution in [0.25, 0.3) is 11.0 Å². The molecule has 0 bridgehead atoms. The van der Waals surface area contributed by atoms with E-state index < -0.39 is 0 Å². The van der Waals surface area contributed by atoms with Gasteiger partial charge in [0, 0.05) is 31.0 Å². The number of rotatable bonds is 7. The molecule has 4 rings (SSSR count). The number of nitrogens with one attached hydrogen (secondary N) is 3. The van der Waals surface area contributed by atoms with Gasteiger partial charge in [-0.05, 0) is 42.9 Å². The number of hydrogen-bond donors (Lipinski definition) is 3. The van der Waals surface area contributed by atoms with E-state index in [4.69, 9.17) is 0 Å². The number of fused-ring (bicyclic) bond motifs is 1. The van der Waals surface area contributed by atoms with E-state index in [1.165, 1.54) is 11.1 Å². The van der Waals surface area contributed by atoms with Gasteiger partial charge in [0.15, 0.2) is 0 Å². The minimum Gasteiger partial charge on any atom is -0.376 e. The first-order valence-electron chi connectivity index (χ1n) is 10.9. The number of piperidine rings is 1. The number of aromatic amines is 1. The number of benzene rings is 1. The molecule has 1 amide bonds. The molecule has 7 nitrogen and oxygen atoms in total. The number of anilines is 2. The minimum absolute atomic E-state index is 0.0317. The molecule has 3 aromatic rings. The maximum Gasteiger partial charge on any atom is 0.239 e. The van der Waals surface area contributed by atoms with Gasteiger partial charge in [-0.3, -0.25) is 4.79 Å². The first-order chi connectivity index (χ1) is 14.7. The normalized spacial score (nSPS) is 16.6. The maximum absolute atomic E-state index is 12.7. The van der Waals surface area contributed by atoms with E-state index in [0.717, 1.165) is 61.3 Å². The lowest BCUT2D eigenvalue weighted by molar-refractivity contribution is -0.120. The van der Waals surface area contributed by atoms with E-state index in [1.54, 1.807) is 6.33 Å². The number of hydrogen-bond acceptors (Lipinski definition) is 5. The topological polar surface area (TPSA) is 85.9 Å². The second kappa shape index (κ2) is 9.15. The lowest BCUT2D eigenvalue weighted by atomic mass is 10.0. The van der Waals surface area contributed by atoms with E-state index in [2.05, 4.69) is 62.5 Å². The van der Waals surface area contributed by atoms with Gasteiger partial charge < -0.3 is 20.5 Å². The molecule has 1 aliphatic heterocycles. The summed E-state index contributed by atoms with van der Waals surface area (Å²) in [6.07, 6.45) is 7.37. The number of H-pyrrole nitrogens is 1. The molecule has 30 heavy (non-hydrogen) atoms. The van der Waals surface area contributed by atoms with Crippen LogP contribution < -0.4 is 15.5 Å². The molecule has 1 aliphatic rings. The van der Waals surface area contributed by atoms with Crippen LogP contribution >= 0.6 is 0 Å². The quantitative estimate of drug-likeness (QED) is 0.561. The second-order valence-corrected chi connectivity index (χ2v) is 7.80. The number of amides is 1. The number of carbonyl (C=O) groups is 1. The van der Waals surface area contributed by atoms with Crippen LogP contribution in [0.1, 0.15) is 37.8 Å². The summed E-state index contributed by atoms with van der Waals surface area (Å²) in [5, 5.41) is 7.62. The molecule has 0 spiro atoms. The number of carbonyl (C=O) groups excluding carboxylic acids is 1. The number of nitrogens with zero attached hydrogens (tertiary/aromatic N) is 3. The molecular weight excluding hydrogens is 376 g/mol. The monoisotopic (exact) mass is 406 g/mol. The fraction of sp³-hybridized carbons (Fsp3) is 0.435. The van der Waals surface area contributed by atoms with E-state index in [-0.39, 0.29) is 18.5 Å². The Balaban J connectivity index is 1.38. The third-order valence-corrected chi connectivity index (χ3v) is 5.84. The maximum atomic E-state index is 12.7. The molecule has 3 N–H and O–H groups in total. The van der Waals surface area contributed by atoms with Crippen LogP contribution in [-0.4, -0.2) is 46.5 Å². The van der Waals surface area contributed by atoms with Gasteiger partial charge in [0.2, 0.25) is 5.91 Å². The summed E-state index contributed by atoms with van der Waals surface area (Å²) in [4.78, 5) is 26.8. The van der Waals surface area contributed by atoms with Crippen LogP contribution in [0.3, 0.4) is 0 Å². The van der Waals surface area contributed by atoms with Crippen molar-refractivity contribution in [1.29, 1.82) is 0 Å². The average molecular weight is 407 g/mol. The molecule has 0 aliphatic carbocycles. The fourth-order valence-corrected chi connectivity index (χ4v) is 4.32. The molecule has 2 aromatic heterocycles. The summed E-state index contributed by atoms with van der Waals surface area (Å²) in [5.74, 6) is 0.965. The van der Waals surface area contributed by atoms with Gasteiger partial charge in [-0.15, -0.1) is 0 Å². The Morgan fingerprint density at radius 2 is 2.00 bits per heavy atom. The Kier molecular flexibility index (Phi) is 6.16. The summed E-state index contributed by atoms with van der Waals surface area (Å²) in [7, 11) is 0. The molecule has 0 radical (unpaired) electrons. The van der Waals surface area contributed by atoms with Gasteiger partial charge in [-0.2, -0.15) is 0 Å². The molecule has 7 heteroatoms. The van der Waals surface area contributed by atoms with E-state index in [1.807, 2.05) is 12.3 Å². The van der Waals surface area contributed by atoms with Crippen molar-refractivity contribution in [2.45, 2.75) is 45.6 Å². The molecule has 158 valence electrons. The largest absolute Gasteiger partial charge is 0.376 e. The molecule has 0 saturated carbocycles. The summed E-state index contributed by atoms with van der Waals surface area (Å²) in [5.41, 5.74) is 4.46. The summed E-state index contributed by atoms with van der Waals surface area (Å²) < 4.78 is 0. The molecule has 3 heterocycles. The fourth-order valence-electron chi connectivity index (χ4n) is 4.32. The summed E-state index contributed by atoms with van der Waals surface area (Å²) in [6.45, 7) is 6.27. The molecule has 1 atom stereocenters. The first kappa shape index (κ1) is 20.2. The number of aromatic nitrogens is 3. The Bertz CT molecular complexity index is 992. The van der Waals surface area contributed by atoms with Crippen molar-refractivity contribution < 1.29 is 4.79 Å². The smallest absolute Gasteiger partial charge is 0.239 e. The standard InChI is InChI=1S/C23H30N6O/c1-3-16-7-5-8-17(4-2)21(16)25-13-20(30)28-18-9-6-12-29(14-18)23-19-10-11-24-22(19)26-15-27-23/h5,7-8,10-11,15,18,25H,3-4,6,9,12-14H2,1-2H3,(H,28,30)(H,24,26,27)/t18-/m0/s1. The zero-order valence-electron chi connectivity index (χ0n) is 17.7. The van der Waals surface area contributed by atoms with Crippen molar-refractivity contribution >= 4 is 28.4 Å². The highest BCUT2D eigenvalue weighted by atomic mass is 16.2. The van der Waals surface area contributed by atoms with Crippen LogP contribution in [0, 0.1) is 0 Å². The SMILES string of the molecule is CCc1cccc(CC)c1NCC(=O)N[C@H]1CCCN(c2ncnc3[nH]ccc23)C1. The van der Waals surface area contributed by atoms with Crippen LogP contribution in [-0.2, 0) is 17.6 Å². The van der Waals surface area contributed by atoms with Gasteiger partial charge in [-0.1, -0.05) is 32.0 Å². The highest BCUT2D eigenvalue weighted by molar-refractivity contribution is 5.87. The second-order valence-electron chi connectivity index (χ2n) is 7.80. The zero-order chi connectivity index (χ0) is 20.9. The Morgan fingerprint density at radius 3 is 2.77 bits per heavy atom. The van der Waals surface area contributed by atoms with Gasteiger partial charge in [0.1, 0.15) is 17.8 Å². The summed E-state index contributed by atoms with van der Waals surface area (Å²) >= 11 is 0.